The molecule has 0 saturated heterocycles. The number of methoxy groups -OCH3 is 2. The largest absolute Gasteiger partial charge is 0.497 e. The zero-order valence-corrected chi connectivity index (χ0v) is 12.7. The van der Waals surface area contributed by atoms with E-state index in [0.29, 0.717) is 5.92 Å². The van der Waals surface area contributed by atoms with Crippen molar-refractivity contribution in [2.45, 2.75) is 19.3 Å². The fourth-order valence-corrected chi connectivity index (χ4v) is 2.90. The third-order valence-electron chi connectivity index (χ3n) is 4.16. The zero-order valence-electron chi connectivity index (χ0n) is 12.7. The lowest BCUT2D eigenvalue weighted by molar-refractivity contribution is 0.414. The fourth-order valence-electron chi connectivity index (χ4n) is 2.90. The minimum absolute atomic E-state index is 0.525. The Labute approximate surface area is 126 Å². The molecular formula is C19H20O2. The standard InChI is InChI=1S/C19H20O2/c1-13-4-10-17(14-5-7-15(20-2)8-6-14)18-11-9-16(21-3)12-19(13)18/h5-13H,4H2,1-3H3. The summed E-state index contributed by atoms with van der Waals surface area (Å²) in [6.45, 7) is 2.26. The van der Waals surface area contributed by atoms with Gasteiger partial charge in [-0.2, -0.15) is 0 Å². The Bertz CT molecular complexity index is 668. The lowest BCUT2D eigenvalue weighted by atomic mass is 9.81. The van der Waals surface area contributed by atoms with Crippen molar-refractivity contribution in [3.8, 4) is 11.5 Å². The molecule has 2 nitrogen and oxygen atoms in total. The van der Waals surface area contributed by atoms with Crippen molar-refractivity contribution in [3.63, 3.8) is 0 Å². The molecule has 0 radical (unpaired) electrons. The summed E-state index contributed by atoms with van der Waals surface area (Å²) in [5.41, 5.74) is 5.20. The molecular weight excluding hydrogens is 260 g/mol. The van der Waals surface area contributed by atoms with E-state index in [0.717, 1.165) is 17.9 Å². The van der Waals surface area contributed by atoms with Crippen LogP contribution in [0.1, 0.15) is 36.0 Å². The number of benzene rings is 2. The van der Waals surface area contributed by atoms with E-state index in [1.807, 2.05) is 18.2 Å². The van der Waals surface area contributed by atoms with Gasteiger partial charge in [-0.3, -0.25) is 0 Å². The second-order valence-corrected chi connectivity index (χ2v) is 5.44. The van der Waals surface area contributed by atoms with Crippen molar-refractivity contribution in [2.24, 2.45) is 0 Å². The van der Waals surface area contributed by atoms with Crippen molar-refractivity contribution < 1.29 is 9.47 Å². The van der Waals surface area contributed by atoms with Gasteiger partial charge in [0.05, 0.1) is 14.2 Å². The lowest BCUT2D eigenvalue weighted by Gasteiger charge is -2.24. The summed E-state index contributed by atoms with van der Waals surface area (Å²) in [6, 6.07) is 14.6. The highest BCUT2D eigenvalue weighted by atomic mass is 16.5. The summed E-state index contributed by atoms with van der Waals surface area (Å²) >= 11 is 0. The van der Waals surface area contributed by atoms with Gasteiger partial charge in [0.25, 0.3) is 0 Å². The summed E-state index contributed by atoms with van der Waals surface area (Å²) < 4.78 is 10.6. The summed E-state index contributed by atoms with van der Waals surface area (Å²) in [6.07, 6.45) is 3.39. The molecule has 0 aromatic heterocycles. The quantitative estimate of drug-likeness (QED) is 0.815. The fraction of sp³-hybridized carbons (Fsp3) is 0.263. The summed E-state index contributed by atoms with van der Waals surface area (Å²) in [5, 5.41) is 0. The molecule has 0 saturated carbocycles. The van der Waals surface area contributed by atoms with Crippen LogP contribution in [0.15, 0.2) is 48.5 Å². The average molecular weight is 280 g/mol. The number of allylic oxidation sites excluding steroid dienone is 1. The highest BCUT2D eigenvalue weighted by Crippen LogP contribution is 2.39. The Morgan fingerprint density at radius 3 is 2.24 bits per heavy atom. The normalized spacial score (nSPS) is 16.9. The lowest BCUT2D eigenvalue weighted by Crippen LogP contribution is -2.05. The molecule has 2 aromatic rings. The van der Waals surface area contributed by atoms with Gasteiger partial charge < -0.3 is 9.47 Å². The number of hydrogen-bond donors (Lipinski definition) is 0. The van der Waals surface area contributed by atoms with Gasteiger partial charge >= 0.3 is 0 Å². The van der Waals surface area contributed by atoms with Crippen LogP contribution < -0.4 is 9.47 Å². The van der Waals surface area contributed by atoms with Gasteiger partial charge in [-0.05, 0) is 58.9 Å². The van der Waals surface area contributed by atoms with Gasteiger partial charge in [-0.1, -0.05) is 31.2 Å². The average Bonchev–Trinajstić information content (AvgIpc) is 2.55. The predicted octanol–water partition coefficient (Wildman–Crippen LogP) is 4.64. The second-order valence-electron chi connectivity index (χ2n) is 5.44. The van der Waals surface area contributed by atoms with Gasteiger partial charge in [-0.25, -0.2) is 0 Å². The van der Waals surface area contributed by atoms with Gasteiger partial charge in [0.15, 0.2) is 0 Å². The van der Waals surface area contributed by atoms with E-state index >= 15 is 0 Å². The van der Waals surface area contributed by atoms with Crippen LogP contribution in [-0.2, 0) is 0 Å². The SMILES string of the molecule is COc1ccc(C2=CCC(C)c3cc(OC)ccc32)cc1. The molecule has 0 aliphatic heterocycles. The van der Waals surface area contributed by atoms with E-state index in [4.69, 9.17) is 9.47 Å². The number of rotatable bonds is 3. The van der Waals surface area contributed by atoms with Crippen molar-refractivity contribution in [1.82, 2.24) is 0 Å². The minimum atomic E-state index is 0.525. The Hall–Kier alpha value is -2.22. The van der Waals surface area contributed by atoms with Crippen molar-refractivity contribution in [1.29, 1.82) is 0 Å². The maximum Gasteiger partial charge on any atom is 0.119 e. The van der Waals surface area contributed by atoms with Gasteiger partial charge in [-0.15, -0.1) is 0 Å². The molecule has 3 rings (SSSR count). The number of ether oxygens (including phenoxy) is 2. The third kappa shape index (κ3) is 2.54. The Morgan fingerprint density at radius 2 is 1.57 bits per heavy atom. The van der Waals surface area contributed by atoms with E-state index in [1.165, 1.54) is 22.3 Å². The molecule has 1 unspecified atom stereocenters. The maximum atomic E-state index is 5.36. The molecule has 1 atom stereocenters. The summed E-state index contributed by atoms with van der Waals surface area (Å²) in [7, 11) is 3.41. The highest BCUT2D eigenvalue weighted by molar-refractivity contribution is 5.83. The minimum Gasteiger partial charge on any atom is -0.497 e. The van der Waals surface area contributed by atoms with Crippen LogP contribution in [0.2, 0.25) is 0 Å². The van der Waals surface area contributed by atoms with Crippen LogP contribution >= 0.6 is 0 Å². The molecule has 0 spiro atoms. The van der Waals surface area contributed by atoms with E-state index in [1.54, 1.807) is 14.2 Å². The first kappa shape index (κ1) is 13.7. The molecule has 1 aliphatic carbocycles. The van der Waals surface area contributed by atoms with Gasteiger partial charge in [0.2, 0.25) is 0 Å². The first-order valence-electron chi connectivity index (χ1n) is 7.26. The van der Waals surface area contributed by atoms with Crippen LogP contribution in [0.25, 0.3) is 5.57 Å². The monoisotopic (exact) mass is 280 g/mol. The van der Waals surface area contributed by atoms with E-state index in [2.05, 4.69) is 37.3 Å². The maximum absolute atomic E-state index is 5.36. The van der Waals surface area contributed by atoms with Crippen LogP contribution in [0.4, 0.5) is 0 Å². The van der Waals surface area contributed by atoms with E-state index in [-0.39, 0.29) is 0 Å². The molecule has 2 heteroatoms. The molecule has 1 aliphatic rings. The van der Waals surface area contributed by atoms with Gasteiger partial charge in [0.1, 0.15) is 11.5 Å². The van der Waals surface area contributed by atoms with Crippen LogP contribution in [-0.4, -0.2) is 14.2 Å². The van der Waals surface area contributed by atoms with Crippen molar-refractivity contribution >= 4 is 5.57 Å². The number of hydrogen-bond acceptors (Lipinski definition) is 2. The molecule has 0 fully saturated rings. The van der Waals surface area contributed by atoms with Crippen LogP contribution in [0.3, 0.4) is 0 Å². The van der Waals surface area contributed by atoms with Crippen molar-refractivity contribution in [2.75, 3.05) is 14.2 Å². The van der Waals surface area contributed by atoms with Crippen LogP contribution in [0.5, 0.6) is 11.5 Å². The topological polar surface area (TPSA) is 18.5 Å². The first-order valence-corrected chi connectivity index (χ1v) is 7.26. The molecule has 0 amide bonds. The molecule has 0 heterocycles. The molecule has 108 valence electrons. The molecule has 21 heavy (non-hydrogen) atoms. The Kier molecular flexibility index (Phi) is 3.70. The summed E-state index contributed by atoms with van der Waals surface area (Å²) in [4.78, 5) is 0. The Morgan fingerprint density at radius 1 is 0.905 bits per heavy atom. The highest BCUT2D eigenvalue weighted by Gasteiger charge is 2.20. The smallest absolute Gasteiger partial charge is 0.119 e. The molecule has 2 aromatic carbocycles. The Balaban J connectivity index is 2.04. The third-order valence-corrected chi connectivity index (χ3v) is 4.16. The van der Waals surface area contributed by atoms with E-state index < -0.39 is 0 Å². The van der Waals surface area contributed by atoms with E-state index in [9.17, 15) is 0 Å². The number of fused-ring (bicyclic) bond motifs is 1. The van der Waals surface area contributed by atoms with Crippen LogP contribution in [0, 0.1) is 0 Å². The zero-order chi connectivity index (χ0) is 14.8. The molecule has 0 bridgehead atoms. The first-order chi connectivity index (χ1) is 10.2. The van der Waals surface area contributed by atoms with Crippen molar-refractivity contribution in [3.05, 3.63) is 65.2 Å². The molecule has 0 N–H and O–H groups in total. The second kappa shape index (κ2) is 5.65. The predicted molar refractivity (Wildman–Crippen MR) is 86.1 cm³/mol. The van der Waals surface area contributed by atoms with Gasteiger partial charge in [0, 0.05) is 0 Å². The summed E-state index contributed by atoms with van der Waals surface area (Å²) in [5.74, 6) is 2.34.